The third-order valence-corrected chi connectivity index (χ3v) is 3.46. The molecule has 2 N–H and O–H groups in total. The molecular formula is C9H8N2O3S2. The van der Waals surface area contributed by atoms with Gasteiger partial charge in [0, 0.05) is 0 Å². The molecule has 2 rings (SSSR count). The standard InChI is InChI=1S/C9H8N2O3S2/c1-13-6-4-11-9(16-6)14-5-2-3-15-7(5)8(10)12/h2-4H,1H3,(H2,10,12). The number of carbonyl (C=O) groups excluding carboxylic acids is 1. The number of aromatic nitrogens is 1. The van der Waals surface area contributed by atoms with Gasteiger partial charge in [0.05, 0.1) is 13.3 Å². The van der Waals surface area contributed by atoms with E-state index >= 15 is 0 Å². The lowest BCUT2D eigenvalue weighted by Gasteiger charge is -1.99. The summed E-state index contributed by atoms with van der Waals surface area (Å²) in [5.41, 5.74) is 5.19. The van der Waals surface area contributed by atoms with Crippen molar-refractivity contribution in [2.45, 2.75) is 0 Å². The van der Waals surface area contributed by atoms with E-state index in [4.69, 9.17) is 15.2 Å². The summed E-state index contributed by atoms with van der Waals surface area (Å²) in [7, 11) is 1.55. The first-order valence-electron chi connectivity index (χ1n) is 4.25. The molecule has 0 bridgehead atoms. The smallest absolute Gasteiger partial charge is 0.282 e. The van der Waals surface area contributed by atoms with Crippen molar-refractivity contribution in [2.24, 2.45) is 5.73 Å². The van der Waals surface area contributed by atoms with Crippen LogP contribution in [0.4, 0.5) is 0 Å². The van der Waals surface area contributed by atoms with Gasteiger partial charge in [-0.05, 0) is 22.8 Å². The Labute approximate surface area is 99.4 Å². The van der Waals surface area contributed by atoms with Gasteiger partial charge >= 0.3 is 0 Å². The number of carbonyl (C=O) groups is 1. The van der Waals surface area contributed by atoms with E-state index in [0.717, 1.165) is 0 Å². The first-order valence-corrected chi connectivity index (χ1v) is 5.95. The van der Waals surface area contributed by atoms with Crippen LogP contribution in [0.15, 0.2) is 17.6 Å². The van der Waals surface area contributed by atoms with Crippen LogP contribution in [0.3, 0.4) is 0 Å². The number of hydrogen-bond donors (Lipinski definition) is 1. The summed E-state index contributed by atoms with van der Waals surface area (Å²) >= 11 is 2.48. The van der Waals surface area contributed by atoms with Crippen LogP contribution in [-0.4, -0.2) is 18.0 Å². The molecule has 0 aliphatic heterocycles. The molecule has 0 saturated heterocycles. The number of nitrogens with zero attached hydrogens (tertiary/aromatic N) is 1. The van der Waals surface area contributed by atoms with Crippen molar-refractivity contribution in [3.8, 4) is 16.0 Å². The van der Waals surface area contributed by atoms with Crippen LogP contribution >= 0.6 is 22.7 Å². The van der Waals surface area contributed by atoms with Gasteiger partial charge in [-0.2, -0.15) is 0 Å². The normalized spacial score (nSPS) is 10.1. The highest BCUT2D eigenvalue weighted by atomic mass is 32.1. The van der Waals surface area contributed by atoms with E-state index in [9.17, 15) is 4.79 Å². The van der Waals surface area contributed by atoms with Crippen LogP contribution in [0.5, 0.6) is 16.0 Å². The summed E-state index contributed by atoms with van der Waals surface area (Å²) in [5.74, 6) is -0.0805. The maximum absolute atomic E-state index is 11.0. The predicted octanol–water partition coefficient (Wildman–Crippen LogP) is 2.10. The average Bonchev–Trinajstić information content (AvgIpc) is 2.87. The van der Waals surface area contributed by atoms with Gasteiger partial charge in [0.15, 0.2) is 10.8 Å². The van der Waals surface area contributed by atoms with Gasteiger partial charge in [-0.1, -0.05) is 0 Å². The molecule has 0 spiro atoms. The third-order valence-electron chi connectivity index (χ3n) is 1.71. The van der Waals surface area contributed by atoms with Crippen molar-refractivity contribution >= 4 is 28.6 Å². The predicted molar refractivity (Wildman–Crippen MR) is 61.6 cm³/mol. The van der Waals surface area contributed by atoms with Crippen LogP contribution in [0.25, 0.3) is 0 Å². The molecule has 0 unspecified atom stereocenters. The number of primary amides is 1. The first-order chi connectivity index (χ1) is 7.70. The van der Waals surface area contributed by atoms with E-state index in [-0.39, 0.29) is 0 Å². The number of methoxy groups -OCH3 is 1. The van der Waals surface area contributed by atoms with E-state index in [1.165, 1.54) is 22.7 Å². The van der Waals surface area contributed by atoms with Gasteiger partial charge in [0.1, 0.15) is 4.88 Å². The minimum atomic E-state index is -0.506. The summed E-state index contributed by atoms with van der Waals surface area (Å²) in [6.45, 7) is 0. The Morgan fingerprint density at radius 1 is 1.56 bits per heavy atom. The second kappa shape index (κ2) is 4.50. The van der Waals surface area contributed by atoms with Crippen LogP contribution in [0, 0.1) is 0 Å². The van der Waals surface area contributed by atoms with Crippen LogP contribution in [0.1, 0.15) is 9.67 Å². The van der Waals surface area contributed by atoms with Crippen molar-refractivity contribution in [1.82, 2.24) is 4.98 Å². The largest absolute Gasteiger partial charge is 0.486 e. The number of thiophene rings is 1. The number of amides is 1. The molecular weight excluding hydrogens is 248 g/mol. The molecule has 2 aromatic heterocycles. The Morgan fingerprint density at radius 3 is 3.00 bits per heavy atom. The maximum Gasteiger partial charge on any atom is 0.282 e. The molecule has 84 valence electrons. The lowest BCUT2D eigenvalue weighted by atomic mass is 10.4. The molecule has 0 aliphatic rings. The Kier molecular flexibility index (Phi) is 3.07. The average molecular weight is 256 g/mol. The molecule has 7 heteroatoms. The fourth-order valence-electron chi connectivity index (χ4n) is 1.04. The van der Waals surface area contributed by atoms with Gasteiger partial charge in [-0.15, -0.1) is 11.3 Å². The van der Waals surface area contributed by atoms with Crippen LogP contribution in [0.2, 0.25) is 0 Å². The molecule has 0 aliphatic carbocycles. The highest BCUT2D eigenvalue weighted by Crippen LogP contribution is 2.34. The summed E-state index contributed by atoms with van der Waals surface area (Å²) in [6, 6.07) is 1.68. The number of ether oxygens (including phenoxy) is 2. The topological polar surface area (TPSA) is 74.4 Å². The molecule has 0 saturated carbocycles. The van der Waals surface area contributed by atoms with Gasteiger partial charge in [0.25, 0.3) is 11.1 Å². The molecule has 2 aromatic rings. The second-order valence-electron chi connectivity index (χ2n) is 2.73. The monoisotopic (exact) mass is 256 g/mol. The summed E-state index contributed by atoms with van der Waals surface area (Å²) in [6.07, 6.45) is 1.55. The van der Waals surface area contributed by atoms with Crippen molar-refractivity contribution in [3.05, 3.63) is 22.5 Å². The van der Waals surface area contributed by atoms with Gasteiger partial charge in [-0.25, -0.2) is 4.98 Å². The third kappa shape index (κ3) is 2.15. The van der Waals surface area contributed by atoms with Crippen molar-refractivity contribution in [1.29, 1.82) is 0 Å². The number of thiazole rings is 1. The van der Waals surface area contributed by atoms with Crippen molar-refractivity contribution in [2.75, 3.05) is 7.11 Å². The van der Waals surface area contributed by atoms with Crippen LogP contribution in [-0.2, 0) is 0 Å². The Hall–Kier alpha value is -1.60. The van der Waals surface area contributed by atoms with Crippen molar-refractivity contribution in [3.63, 3.8) is 0 Å². The second-order valence-corrected chi connectivity index (χ2v) is 4.60. The number of rotatable bonds is 4. The molecule has 0 radical (unpaired) electrons. The molecule has 2 heterocycles. The van der Waals surface area contributed by atoms with E-state index < -0.39 is 5.91 Å². The zero-order chi connectivity index (χ0) is 11.5. The number of hydrogen-bond acceptors (Lipinski definition) is 6. The van der Waals surface area contributed by atoms with E-state index in [1.807, 2.05) is 0 Å². The minimum Gasteiger partial charge on any atom is -0.486 e. The Balaban J connectivity index is 2.20. The first kappa shape index (κ1) is 10.9. The Bertz CT molecular complexity index is 506. The lowest BCUT2D eigenvalue weighted by molar-refractivity contribution is 0.100. The zero-order valence-corrected chi connectivity index (χ0v) is 9.93. The summed E-state index contributed by atoms with van der Waals surface area (Å²) < 4.78 is 10.4. The van der Waals surface area contributed by atoms with E-state index in [0.29, 0.717) is 20.9 Å². The quantitative estimate of drug-likeness (QED) is 0.909. The SMILES string of the molecule is COc1cnc(Oc2ccsc2C(N)=O)s1. The maximum atomic E-state index is 11.0. The fraction of sp³-hybridized carbons (Fsp3) is 0.111. The number of nitrogens with two attached hydrogens (primary N) is 1. The van der Waals surface area contributed by atoms with E-state index in [1.54, 1.807) is 24.8 Å². The fourth-order valence-corrected chi connectivity index (χ4v) is 2.30. The summed E-state index contributed by atoms with van der Waals surface area (Å²) in [4.78, 5) is 15.4. The van der Waals surface area contributed by atoms with Gasteiger partial charge < -0.3 is 15.2 Å². The molecule has 5 nitrogen and oxygen atoms in total. The minimum absolute atomic E-state index is 0.383. The van der Waals surface area contributed by atoms with Gasteiger partial charge in [0.2, 0.25) is 0 Å². The molecule has 0 atom stereocenters. The molecule has 1 amide bonds. The molecule has 0 aromatic carbocycles. The Morgan fingerprint density at radius 2 is 2.38 bits per heavy atom. The van der Waals surface area contributed by atoms with Crippen molar-refractivity contribution < 1.29 is 14.3 Å². The van der Waals surface area contributed by atoms with E-state index in [2.05, 4.69) is 4.98 Å². The molecule has 0 fully saturated rings. The van der Waals surface area contributed by atoms with Crippen LogP contribution < -0.4 is 15.2 Å². The zero-order valence-electron chi connectivity index (χ0n) is 8.30. The lowest BCUT2D eigenvalue weighted by Crippen LogP contribution is -2.09. The highest BCUT2D eigenvalue weighted by Gasteiger charge is 2.13. The summed E-state index contributed by atoms with van der Waals surface area (Å²) in [5, 5.41) is 2.80. The highest BCUT2D eigenvalue weighted by molar-refractivity contribution is 7.15. The molecule has 16 heavy (non-hydrogen) atoms. The van der Waals surface area contributed by atoms with Gasteiger partial charge in [-0.3, -0.25) is 4.79 Å².